The van der Waals surface area contributed by atoms with Crippen molar-refractivity contribution in [2.75, 3.05) is 43.5 Å². The summed E-state index contributed by atoms with van der Waals surface area (Å²) in [5.74, 6) is -1.54. The molecule has 0 aliphatic carbocycles. The number of likely N-dealkylation sites (tertiary alicyclic amines) is 2. The molecule has 5 amide bonds. The fourth-order valence-electron chi connectivity index (χ4n) is 5.74. The number of amides is 5. The molecule has 0 saturated carbocycles. The molecule has 14 heteroatoms. The van der Waals surface area contributed by atoms with Gasteiger partial charge in [0.2, 0.25) is 11.8 Å². The fraction of sp³-hybridized carbons (Fsp3) is 0.414. The Morgan fingerprint density at radius 3 is 2.58 bits per heavy atom. The smallest absolute Gasteiger partial charge is 0.412 e. The van der Waals surface area contributed by atoms with E-state index in [1.54, 1.807) is 18.2 Å². The molecule has 43 heavy (non-hydrogen) atoms. The summed E-state index contributed by atoms with van der Waals surface area (Å²) in [6.45, 7) is 0.530. The van der Waals surface area contributed by atoms with Crippen LogP contribution in [-0.2, 0) is 19.9 Å². The monoisotopic (exact) mass is 613 g/mol. The van der Waals surface area contributed by atoms with Crippen LogP contribution in [0.4, 0.5) is 21.0 Å². The number of nitrogens with one attached hydrogen (secondary N) is 2. The first kappa shape index (κ1) is 30.1. The highest BCUT2D eigenvalue weighted by molar-refractivity contribution is 6.30. The van der Waals surface area contributed by atoms with Crippen LogP contribution in [0.1, 0.15) is 41.6 Å². The third-order valence-corrected chi connectivity index (χ3v) is 8.46. The van der Waals surface area contributed by atoms with Crippen molar-refractivity contribution in [1.29, 1.82) is 0 Å². The van der Waals surface area contributed by atoms with Crippen LogP contribution in [0.2, 0.25) is 5.02 Å². The summed E-state index contributed by atoms with van der Waals surface area (Å²) < 4.78 is 5.79. The Hall–Kier alpha value is -4.36. The number of nitrogens with zero attached hydrogens (tertiary/aromatic N) is 3. The van der Waals surface area contributed by atoms with Gasteiger partial charge in [0.05, 0.1) is 31.3 Å². The molecule has 228 valence electrons. The normalized spacial score (nSPS) is 21.6. The molecule has 5 rings (SSSR count). The Bertz CT molecular complexity index is 1450. The molecule has 2 aromatic rings. The number of benzene rings is 2. The molecule has 0 unspecified atom stereocenters. The van der Waals surface area contributed by atoms with Crippen LogP contribution < -0.4 is 15.5 Å². The van der Waals surface area contributed by atoms with E-state index < -0.39 is 35.6 Å². The van der Waals surface area contributed by atoms with Crippen molar-refractivity contribution < 1.29 is 38.9 Å². The van der Waals surface area contributed by atoms with Crippen molar-refractivity contribution in [2.45, 2.75) is 43.4 Å². The lowest BCUT2D eigenvalue weighted by molar-refractivity contribution is -0.147. The minimum Gasteiger partial charge on any atom is -0.465 e. The molecule has 0 aromatic heterocycles. The predicted molar refractivity (Wildman–Crippen MR) is 155 cm³/mol. The van der Waals surface area contributed by atoms with E-state index in [0.29, 0.717) is 54.3 Å². The van der Waals surface area contributed by atoms with Gasteiger partial charge in [-0.25, -0.2) is 9.59 Å². The van der Waals surface area contributed by atoms with Gasteiger partial charge in [0.15, 0.2) is 5.60 Å². The van der Waals surface area contributed by atoms with Gasteiger partial charge in [-0.15, -0.1) is 0 Å². The zero-order valence-corrected chi connectivity index (χ0v) is 24.2. The Labute approximate surface area is 252 Å². The number of hydrogen-bond donors (Lipinski definition) is 4. The van der Waals surface area contributed by atoms with Crippen molar-refractivity contribution in [2.24, 2.45) is 0 Å². The van der Waals surface area contributed by atoms with E-state index in [-0.39, 0.29) is 37.1 Å². The van der Waals surface area contributed by atoms with Crippen molar-refractivity contribution in [3.8, 4) is 0 Å². The number of rotatable bonds is 7. The van der Waals surface area contributed by atoms with Crippen LogP contribution in [0.3, 0.4) is 0 Å². The standard InChI is InChI=1S/C29H32ClN5O8/c1-33(28(41)42)19-6-3-17(4-7-19)25(38)31-23(14-24(37)35-12-9-20(35)15-36)26(39)34-11-2-10-29(16-34)21-13-18(30)5-8-22(21)32-27(40)43-29/h3-8,13,20,23,36H,2,9-12,14-16H2,1H3,(H,31,38)(H,32,40)(H,41,42)/t20-,23-,29-/m0/s1. The molecule has 2 saturated heterocycles. The van der Waals surface area contributed by atoms with Gasteiger partial charge in [-0.3, -0.25) is 24.6 Å². The maximum Gasteiger partial charge on any atom is 0.412 e. The van der Waals surface area contributed by atoms with E-state index in [0.717, 1.165) is 4.90 Å². The van der Waals surface area contributed by atoms with Crippen LogP contribution in [0.25, 0.3) is 0 Å². The Morgan fingerprint density at radius 1 is 1.19 bits per heavy atom. The number of halogens is 1. The Balaban J connectivity index is 1.39. The number of carbonyl (C=O) groups is 5. The lowest BCUT2D eigenvalue weighted by atomic mass is 9.83. The Kier molecular flexibility index (Phi) is 8.47. The van der Waals surface area contributed by atoms with Gasteiger partial charge >= 0.3 is 12.2 Å². The molecule has 4 N–H and O–H groups in total. The number of aliphatic hydroxyl groups excluding tert-OH is 1. The van der Waals surface area contributed by atoms with E-state index in [1.165, 1.54) is 41.1 Å². The molecular weight excluding hydrogens is 582 g/mol. The number of anilines is 2. The summed E-state index contributed by atoms with van der Waals surface area (Å²) in [4.78, 5) is 68.2. The van der Waals surface area contributed by atoms with E-state index in [1.807, 2.05) is 0 Å². The van der Waals surface area contributed by atoms with Crippen molar-refractivity contribution in [3.63, 3.8) is 0 Å². The van der Waals surface area contributed by atoms with E-state index in [2.05, 4.69) is 10.6 Å². The lowest BCUT2D eigenvalue weighted by Gasteiger charge is -2.46. The molecule has 0 radical (unpaired) electrons. The first-order chi connectivity index (χ1) is 20.5. The molecule has 3 aliphatic rings. The van der Waals surface area contributed by atoms with Crippen LogP contribution in [0, 0.1) is 0 Å². The minimum atomic E-state index is -1.26. The topological polar surface area (TPSA) is 169 Å². The molecule has 2 fully saturated rings. The van der Waals surface area contributed by atoms with E-state index in [4.69, 9.17) is 16.3 Å². The summed E-state index contributed by atoms with van der Waals surface area (Å²) >= 11 is 6.26. The summed E-state index contributed by atoms with van der Waals surface area (Å²) in [7, 11) is 1.37. The number of hydrogen-bond acceptors (Lipinski definition) is 7. The third-order valence-electron chi connectivity index (χ3n) is 8.22. The molecule has 1 spiro atoms. The van der Waals surface area contributed by atoms with Crippen molar-refractivity contribution >= 4 is 52.9 Å². The van der Waals surface area contributed by atoms with Crippen LogP contribution in [0.5, 0.6) is 0 Å². The lowest BCUT2D eigenvalue weighted by Crippen LogP contribution is -2.59. The second-order valence-corrected chi connectivity index (χ2v) is 11.3. The summed E-state index contributed by atoms with van der Waals surface area (Å²) in [5, 5.41) is 24.5. The molecule has 3 atom stereocenters. The van der Waals surface area contributed by atoms with Crippen LogP contribution in [0.15, 0.2) is 42.5 Å². The zero-order chi connectivity index (χ0) is 30.9. The number of ether oxygens (including phenoxy) is 1. The van der Waals surface area contributed by atoms with Gasteiger partial charge in [0, 0.05) is 42.0 Å². The molecule has 2 aromatic carbocycles. The molecule has 3 heterocycles. The number of carboxylic acid groups (broad SMARTS) is 1. The third kappa shape index (κ3) is 6.09. The molecule has 0 bridgehead atoms. The van der Waals surface area contributed by atoms with Gasteiger partial charge in [0.1, 0.15) is 6.04 Å². The SMILES string of the molecule is CN(C(=O)O)c1ccc(C(=O)N[C@@H](CC(=O)N2CC[C@H]2CO)C(=O)N2CCC[C@@]3(C2)OC(=O)Nc2ccc(Cl)cc23)cc1. The number of carbonyl (C=O) groups excluding carboxylic acids is 4. The summed E-state index contributed by atoms with van der Waals surface area (Å²) in [5.41, 5.74) is 0.498. The van der Waals surface area contributed by atoms with Crippen molar-refractivity contribution in [1.82, 2.24) is 15.1 Å². The van der Waals surface area contributed by atoms with Gasteiger partial charge in [-0.2, -0.15) is 0 Å². The number of aliphatic hydroxyl groups is 1. The number of piperidine rings is 1. The predicted octanol–water partition coefficient (Wildman–Crippen LogP) is 2.62. The highest BCUT2D eigenvalue weighted by Gasteiger charge is 2.47. The molecular formula is C29H32ClN5O8. The highest BCUT2D eigenvalue weighted by atomic mass is 35.5. The Morgan fingerprint density at radius 2 is 1.93 bits per heavy atom. The first-order valence-corrected chi connectivity index (χ1v) is 14.3. The summed E-state index contributed by atoms with van der Waals surface area (Å²) in [6.07, 6.45) is -0.603. The largest absolute Gasteiger partial charge is 0.465 e. The number of fused-ring (bicyclic) bond motifs is 2. The van der Waals surface area contributed by atoms with Gasteiger partial charge in [-0.1, -0.05) is 11.6 Å². The second-order valence-electron chi connectivity index (χ2n) is 10.9. The van der Waals surface area contributed by atoms with Crippen LogP contribution >= 0.6 is 11.6 Å². The van der Waals surface area contributed by atoms with E-state index >= 15 is 0 Å². The maximum absolute atomic E-state index is 14.0. The van der Waals surface area contributed by atoms with Gasteiger partial charge < -0.3 is 30.1 Å². The van der Waals surface area contributed by atoms with E-state index in [9.17, 15) is 34.2 Å². The van der Waals surface area contributed by atoms with Gasteiger partial charge in [0.25, 0.3) is 5.91 Å². The average molecular weight is 614 g/mol. The average Bonchev–Trinajstić information content (AvgIpc) is 2.96. The van der Waals surface area contributed by atoms with Crippen LogP contribution in [-0.4, -0.2) is 95.3 Å². The molecule has 3 aliphatic heterocycles. The van der Waals surface area contributed by atoms with Gasteiger partial charge in [-0.05, 0) is 61.7 Å². The fourth-order valence-corrected chi connectivity index (χ4v) is 5.92. The maximum atomic E-state index is 14.0. The second kappa shape index (κ2) is 12.1. The summed E-state index contributed by atoms with van der Waals surface area (Å²) in [6, 6.07) is 9.18. The first-order valence-electron chi connectivity index (χ1n) is 13.9. The highest BCUT2D eigenvalue weighted by Crippen LogP contribution is 2.43. The zero-order valence-electron chi connectivity index (χ0n) is 23.4. The molecule has 13 nitrogen and oxygen atoms in total. The quantitative estimate of drug-likeness (QED) is 0.369. The minimum absolute atomic E-state index is 0.00758. The van der Waals surface area contributed by atoms with Crippen molar-refractivity contribution in [3.05, 3.63) is 58.6 Å².